The molecular formula is C18H22O3. The molecule has 0 radical (unpaired) electrons. The number of phenolic OH excluding ortho intramolecular Hbond substituents is 1. The smallest absolute Gasteiger partial charge is 0.160 e. The molecule has 2 N–H and O–H groups in total. The van der Waals surface area contributed by atoms with Gasteiger partial charge in [-0.15, -0.1) is 0 Å². The molecule has 21 heavy (non-hydrogen) atoms. The van der Waals surface area contributed by atoms with Gasteiger partial charge in [0, 0.05) is 0 Å². The summed E-state index contributed by atoms with van der Waals surface area (Å²) in [7, 11) is 1.54. The van der Waals surface area contributed by atoms with E-state index in [-0.39, 0.29) is 11.9 Å². The highest BCUT2D eigenvalue weighted by molar-refractivity contribution is 5.41. The summed E-state index contributed by atoms with van der Waals surface area (Å²) in [6.45, 7) is 0. The molecule has 0 bridgehead atoms. The molecular weight excluding hydrogens is 264 g/mol. The van der Waals surface area contributed by atoms with Crippen LogP contribution in [0.25, 0.3) is 0 Å². The lowest BCUT2D eigenvalue weighted by Gasteiger charge is -2.11. The first-order chi connectivity index (χ1) is 10.2. The van der Waals surface area contributed by atoms with E-state index in [2.05, 4.69) is 12.1 Å². The molecule has 0 aliphatic heterocycles. The highest BCUT2D eigenvalue weighted by Gasteiger charge is 2.07. The van der Waals surface area contributed by atoms with Crippen LogP contribution in [-0.2, 0) is 12.8 Å². The number of hydrogen-bond donors (Lipinski definition) is 2. The Morgan fingerprint density at radius 3 is 2.29 bits per heavy atom. The Hall–Kier alpha value is -2.00. The van der Waals surface area contributed by atoms with Gasteiger partial charge in [0.05, 0.1) is 13.2 Å². The van der Waals surface area contributed by atoms with Gasteiger partial charge in [-0.1, -0.05) is 36.4 Å². The van der Waals surface area contributed by atoms with Crippen LogP contribution in [-0.4, -0.2) is 23.4 Å². The van der Waals surface area contributed by atoms with Crippen LogP contribution in [0.2, 0.25) is 0 Å². The first-order valence-electron chi connectivity index (χ1n) is 7.27. The Morgan fingerprint density at radius 1 is 0.952 bits per heavy atom. The average molecular weight is 286 g/mol. The van der Waals surface area contributed by atoms with E-state index in [1.54, 1.807) is 6.07 Å². The number of aliphatic hydroxyl groups excluding tert-OH is 1. The number of methoxy groups -OCH3 is 1. The fourth-order valence-electron chi connectivity index (χ4n) is 2.33. The number of aromatic hydroxyl groups is 1. The standard InChI is InChI=1S/C18H22O3/c1-21-18-13-15(9-12-17(18)20)8-11-16(19)10-7-14-5-3-2-4-6-14/h2-6,9,12-13,16,19-20H,7-8,10-11H2,1H3/t16-/m0/s1. The number of ether oxygens (including phenoxy) is 1. The molecule has 112 valence electrons. The highest BCUT2D eigenvalue weighted by atomic mass is 16.5. The van der Waals surface area contributed by atoms with Crippen LogP contribution >= 0.6 is 0 Å². The van der Waals surface area contributed by atoms with Crippen LogP contribution in [0, 0.1) is 0 Å². The van der Waals surface area contributed by atoms with E-state index in [9.17, 15) is 10.2 Å². The highest BCUT2D eigenvalue weighted by Crippen LogP contribution is 2.27. The molecule has 0 saturated carbocycles. The third kappa shape index (κ3) is 4.80. The maximum absolute atomic E-state index is 10.1. The van der Waals surface area contributed by atoms with Crippen LogP contribution in [0.5, 0.6) is 11.5 Å². The number of rotatable bonds is 7. The van der Waals surface area contributed by atoms with E-state index in [1.807, 2.05) is 30.3 Å². The fraction of sp³-hybridized carbons (Fsp3) is 0.333. The molecule has 2 aromatic carbocycles. The zero-order valence-electron chi connectivity index (χ0n) is 12.3. The Morgan fingerprint density at radius 2 is 1.62 bits per heavy atom. The second kappa shape index (κ2) is 7.70. The van der Waals surface area contributed by atoms with E-state index in [1.165, 1.54) is 12.7 Å². The summed E-state index contributed by atoms with van der Waals surface area (Å²) in [5, 5.41) is 19.6. The molecule has 0 unspecified atom stereocenters. The maximum atomic E-state index is 10.1. The minimum absolute atomic E-state index is 0.144. The van der Waals surface area contributed by atoms with Crippen molar-refractivity contribution in [2.45, 2.75) is 31.8 Å². The number of phenols is 1. The summed E-state index contributed by atoms with van der Waals surface area (Å²) in [6, 6.07) is 15.5. The second-order valence-corrected chi connectivity index (χ2v) is 5.22. The lowest BCUT2D eigenvalue weighted by Crippen LogP contribution is -2.09. The molecule has 1 atom stereocenters. The predicted molar refractivity (Wildman–Crippen MR) is 83.7 cm³/mol. The number of hydrogen-bond acceptors (Lipinski definition) is 3. The molecule has 3 heteroatoms. The first-order valence-corrected chi connectivity index (χ1v) is 7.27. The average Bonchev–Trinajstić information content (AvgIpc) is 2.53. The lowest BCUT2D eigenvalue weighted by atomic mass is 10.0. The SMILES string of the molecule is COc1cc(CC[C@@H](O)CCc2ccccc2)ccc1O. The molecule has 2 rings (SSSR count). The normalized spacial score (nSPS) is 12.1. The summed E-state index contributed by atoms with van der Waals surface area (Å²) in [6.07, 6.45) is 2.82. The largest absolute Gasteiger partial charge is 0.504 e. The monoisotopic (exact) mass is 286 g/mol. The number of benzene rings is 2. The van der Waals surface area contributed by atoms with Gasteiger partial charge in [0.15, 0.2) is 11.5 Å². The van der Waals surface area contributed by atoms with Crippen molar-refractivity contribution in [3.8, 4) is 11.5 Å². The molecule has 0 fully saturated rings. The van der Waals surface area contributed by atoms with E-state index in [0.717, 1.165) is 24.8 Å². The molecule has 0 amide bonds. The van der Waals surface area contributed by atoms with Crippen molar-refractivity contribution in [1.82, 2.24) is 0 Å². The van der Waals surface area contributed by atoms with Crippen molar-refractivity contribution in [3.63, 3.8) is 0 Å². The van der Waals surface area contributed by atoms with Gasteiger partial charge < -0.3 is 14.9 Å². The van der Waals surface area contributed by atoms with Gasteiger partial charge in [-0.2, -0.15) is 0 Å². The molecule has 0 spiro atoms. The van der Waals surface area contributed by atoms with E-state index >= 15 is 0 Å². The Balaban J connectivity index is 1.79. The minimum atomic E-state index is -0.315. The van der Waals surface area contributed by atoms with Crippen molar-refractivity contribution in [2.24, 2.45) is 0 Å². The summed E-state index contributed by atoms with van der Waals surface area (Å²) < 4.78 is 5.09. The summed E-state index contributed by atoms with van der Waals surface area (Å²) in [5.41, 5.74) is 2.31. The van der Waals surface area contributed by atoms with Crippen LogP contribution in [0.1, 0.15) is 24.0 Å². The van der Waals surface area contributed by atoms with Crippen LogP contribution in [0.3, 0.4) is 0 Å². The van der Waals surface area contributed by atoms with Gasteiger partial charge in [0.2, 0.25) is 0 Å². The fourth-order valence-corrected chi connectivity index (χ4v) is 2.33. The topological polar surface area (TPSA) is 49.7 Å². The quantitative estimate of drug-likeness (QED) is 0.821. The van der Waals surface area contributed by atoms with Crippen molar-refractivity contribution < 1.29 is 14.9 Å². The zero-order chi connectivity index (χ0) is 15.1. The van der Waals surface area contributed by atoms with Gasteiger partial charge in [0.25, 0.3) is 0 Å². The zero-order valence-corrected chi connectivity index (χ0v) is 12.3. The van der Waals surface area contributed by atoms with Crippen molar-refractivity contribution in [2.75, 3.05) is 7.11 Å². The molecule has 0 aliphatic carbocycles. The minimum Gasteiger partial charge on any atom is -0.504 e. The van der Waals surface area contributed by atoms with Gasteiger partial charge >= 0.3 is 0 Å². The molecule has 2 aromatic rings. The third-order valence-corrected chi connectivity index (χ3v) is 3.62. The van der Waals surface area contributed by atoms with E-state index in [0.29, 0.717) is 12.2 Å². The van der Waals surface area contributed by atoms with Gasteiger partial charge in [-0.3, -0.25) is 0 Å². The van der Waals surface area contributed by atoms with Gasteiger partial charge in [-0.25, -0.2) is 0 Å². The van der Waals surface area contributed by atoms with E-state index in [4.69, 9.17) is 4.74 Å². The molecule has 0 saturated heterocycles. The number of aliphatic hydroxyl groups is 1. The van der Waals surface area contributed by atoms with Crippen LogP contribution in [0.4, 0.5) is 0 Å². The lowest BCUT2D eigenvalue weighted by molar-refractivity contribution is 0.155. The molecule has 0 heterocycles. The Labute approximate surface area is 125 Å². The van der Waals surface area contributed by atoms with E-state index < -0.39 is 0 Å². The molecule has 3 nitrogen and oxygen atoms in total. The summed E-state index contributed by atoms with van der Waals surface area (Å²) in [5.74, 6) is 0.622. The second-order valence-electron chi connectivity index (χ2n) is 5.22. The predicted octanol–water partition coefficient (Wildman–Crippen LogP) is 3.33. The van der Waals surface area contributed by atoms with Gasteiger partial charge in [-0.05, 0) is 48.9 Å². The van der Waals surface area contributed by atoms with Crippen molar-refractivity contribution >= 4 is 0 Å². The Kier molecular flexibility index (Phi) is 5.64. The van der Waals surface area contributed by atoms with Gasteiger partial charge in [0.1, 0.15) is 0 Å². The van der Waals surface area contributed by atoms with Crippen LogP contribution < -0.4 is 4.74 Å². The van der Waals surface area contributed by atoms with Crippen LogP contribution in [0.15, 0.2) is 48.5 Å². The Bertz CT molecular complexity index is 552. The number of aryl methyl sites for hydroxylation is 2. The summed E-state index contributed by atoms with van der Waals surface area (Å²) in [4.78, 5) is 0. The van der Waals surface area contributed by atoms with Crippen molar-refractivity contribution in [1.29, 1.82) is 0 Å². The maximum Gasteiger partial charge on any atom is 0.160 e. The molecule has 0 aromatic heterocycles. The third-order valence-electron chi connectivity index (χ3n) is 3.62. The first kappa shape index (κ1) is 15.4. The summed E-state index contributed by atoms with van der Waals surface area (Å²) >= 11 is 0. The van der Waals surface area contributed by atoms with Crippen molar-refractivity contribution in [3.05, 3.63) is 59.7 Å². The molecule has 0 aliphatic rings.